The van der Waals surface area contributed by atoms with Crippen molar-refractivity contribution in [3.63, 3.8) is 0 Å². The van der Waals surface area contributed by atoms with E-state index in [4.69, 9.17) is 5.73 Å². The maximum Gasteiger partial charge on any atom is 0.408 e. The molecule has 2 unspecified atom stereocenters. The van der Waals surface area contributed by atoms with E-state index in [0.717, 1.165) is 30.4 Å². The number of carbonyl (C=O) groups excluding carboxylic acids is 1. The first-order chi connectivity index (χ1) is 10.8. The van der Waals surface area contributed by atoms with Crippen LogP contribution in [0.3, 0.4) is 0 Å². The SMILES string of the molecule is Cl.NC1C2CCCC1CC(C(=O)Nc1ccn(CC(F)(F)F)n1)C2. The molecule has 3 rings (SSSR count). The predicted octanol–water partition coefficient (Wildman–Crippen LogP) is 2.96. The van der Waals surface area contributed by atoms with Gasteiger partial charge in [-0.25, -0.2) is 0 Å². The molecule has 0 aliphatic heterocycles. The molecule has 1 aromatic rings. The molecule has 1 heterocycles. The first kappa shape index (κ1) is 19.1. The standard InChI is InChI=1S/C15H21F3N4O.ClH/c16-15(17,18)8-22-5-4-12(21-22)20-14(23)11-6-9-2-1-3-10(7-11)13(9)19;/h4-5,9-11,13H,1-3,6-8,19H2,(H,20,21,23);1H. The lowest BCUT2D eigenvalue weighted by Crippen LogP contribution is -2.48. The minimum atomic E-state index is -4.33. The molecule has 9 heteroatoms. The minimum Gasteiger partial charge on any atom is -0.327 e. The highest BCUT2D eigenvalue weighted by molar-refractivity contribution is 5.91. The Labute approximate surface area is 144 Å². The van der Waals surface area contributed by atoms with Gasteiger partial charge in [0, 0.05) is 24.2 Å². The lowest BCUT2D eigenvalue weighted by Gasteiger charge is -2.43. The zero-order valence-corrected chi connectivity index (χ0v) is 13.9. The van der Waals surface area contributed by atoms with E-state index in [1.165, 1.54) is 18.7 Å². The Morgan fingerprint density at radius 3 is 2.54 bits per heavy atom. The van der Waals surface area contributed by atoms with Crippen molar-refractivity contribution in [2.75, 3.05) is 5.32 Å². The summed E-state index contributed by atoms with van der Waals surface area (Å²) in [5.74, 6) is 0.630. The van der Waals surface area contributed by atoms with Crippen molar-refractivity contribution in [3.8, 4) is 0 Å². The third kappa shape index (κ3) is 4.42. The second kappa shape index (κ2) is 7.31. The fraction of sp³-hybridized carbons (Fsp3) is 0.733. The number of nitrogens with one attached hydrogen (secondary N) is 1. The number of fused-ring (bicyclic) bond motifs is 2. The van der Waals surface area contributed by atoms with Crippen molar-refractivity contribution in [3.05, 3.63) is 12.3 Å². The number of amides is 1. The van der Waals surface area contributed by atoms with E-state index in [9.17, 15) is 18.0 Å². The van der Waals surface area contributed by atoms with Gasteiger partial charge < -0.3 is 11.1 Å². The molecule has 136 valence electrons. The fourth-order valence-corrected chi connectivity index (χ4v) is 3.93. The van der Waals surface area contributed by atoms with Gasteiger partial charge in [0.15, 0.2) is 5.82 Å². The van der Waals surface area contributed by atoms with Gasteiger partial charge in [0.25, 0.3) is 0 Å². The molecule has 2 atom stereocenters. The van der Waals surface area contributed by atoms with Crippen molar-refractivity contribution in [2.24, 2.45) is 23.5 Å². The molecule has 0 aromatic carbocycles. The van der Waals surface area contributed by atoms with Gasteiger partial charge in [0.05, 0.1) is 0 Å². The van der Waals surface area contributed by atoms with Crippen molar-refractivity contribution in [2.45, 2.75) is 50.9 Å². The summed E-state index contributed by atoms with van der Waals surface area (Å²) in [5, 5.41) is 6.40. The van der Waals surface area contributed by atoms with Crippen LogP contribution in [0.5, 0.6) is 0 Å². The highest BCUT2D eigenvalue weighted by Gasteiger charge is 2.40. The molecule has 1 aromatic heterocycles. The summed E-state index contributed by atoms with van der Waals surface area (Å²) in [4.78, 5) is 12.4. The Hall–Kier alpha value is -1.28. The van der Waals surface area contributed by atoms with Crippen LogP contribution in [0.4, 0.5) is 19.0 Å². The van der Waals surface area contributed by atoms with Gasteiger partial charge in [-0.2, -0.15) is 18.3 Å². The number of anilines is 1. The number of rotatable bonds is 3. The molecule has 2 aliphatic rings. The Balaban J connectivity index is 0.00000208. The number of carbonyl (C=O) groups is 1. The predicted molar refractivity (Wildman–Crippen MR) is 85.7 cm³/mol. The van der Waals surface area contributed by atoms with Crippen LogP contribution < -0.4 is 11.1 Å². The van der Waals surface area contributed by atoms with Gasteiger partial charge in [0.2, 0.25) is 5.91 Å². The summed E-state index contributed by atoms with van der Waals surface area (Å²) >= 11 is 0. The zero-order valence-electron chi connectivity index (χ0n) is 13.1. The van der Waals surface area contributed by atoms with Gasteiger partial charge in [0.1, 0.15) is 6.54 Å². The van der Waals surface area contributed by atoms with E-state index in [1.54, 1.807) is 0 Å². The lowest BCUT2D eigenvalue weighted by atomic mass is 9.65. The Morgan fingerprint density at radius 2 is 1.96 bits per heavy atom. The van der Waals surface area contributed by atoms with Crippen molar-refractivity contribution in [1.82, 2.24) is 9.78 Å². The molecular formula is C15H22ClF3N4O. The second-order valence-corrected chi connectivity index (χ2v) is 6.70. The number of hydrogen-bond donors (Lipinski definition) is 2. The number of nitrogens with zero attached hydrogens (tertiary/aromatic N) is 2. The van der Waals surface area contributed by atoms with Crippen LogP contribution in [0.25, 0.3) is 0 Å². The van der Waals surface area contributed by atoms with Crippen LogP contribution >= 0.6 is 12.4 Å². The Kier molecular flexibility index (Phi) is 5.80. The van der Waals surface area contributed by atoms with Crippen LogP contribution in [0.15, 0.2) is 12.3 Å². The zero-order chi connectivity index (χ0) is 16.6. The topological polar surface area (TPSA) is 72.9 Å². The molecular weight excluding hydrogens is 345 g/mol. The summed E-state index contributed by atoms with van der Waals surface area (Å²) < 4.78 is 37.7. The van der Waals surface area contributed by atoms with Gasteiger partial charge in [-0.15, -0.1) is 12.4 Å². The number of aromatic nitrogens is 2. The van der Waals surface area contributed by atoms with Crippen molar-refractivity contribution >= 4 is 24.1 Å². The maximum absolute atomic E-state index is 12.4. The van der Waals surface area contributed by atoms with Crippen molar-refractivity contribution < 1.29 is 18.0 Å². The summed E-state index contributed by atoms with van der Waals surface area (Å²) in [7, 11) is 0. The fourth-order valence-electron chi connectivity index (χ4n) is 3.93. The largest absolute Gasteiger partial charge is 0.408 e. The van der Waals surface area contributed by atoms with E-state index in [2.05, 4.69) is 10.4 Å². The molecule has 24 heavy (non-hydrogen) atoms. The van der Waals surface area contributed by atoms with Gasteiger partial charge in [-0.3, -0.25) is 9.48 Å². The van der Waals surface area contributed by atoms with E-state index in [0.29, 0.717) is 11.8 Å². The normalized spacial score (nSPS) is 29.7. The average Bonchev–Trinajstić information content (AvgIpc) is 2.83. The lowest BCUT2D eigenvalue weighted by molar-refractivity contribution is -0.142. The van der Waals surface area contributed by atoms with Gasteiger partial charge in [-0.05, 0) is 37.5 Å². The van der Waals surface area contributed by atoms with Gasteiger partial charge in [-0.1, -0.05) is 6.42 Å². The quantitative estimate of drug-likeness (QED) is 0.863. The third-order valence-electron chi connectivity index (χ3n) is 5.02. The van der Waals surface area contributed by atoms with E-state index < -0.39 is 12.7 Å². The van der Waals surface area contributed by atoms with Crippen LogP contribution in [-0.4, -0.2) is 27.9 Å². The number of halogens is 4. The highest BCUT2D eigenvalue weighted by Crippen LogP contribution is 2.42. The summed E-state index contributed by atoms with van der Waals surface area (Å²) in [5.41, 5.74) is 6.21. The highest BCUT2D eigenvalue weighted by atomic mass is 35.5. The third-order valence-corrected chi connectivity index (χ3v) is 5.02. The number of hydrogen-bond acceptors (Lipinski definition) is 3. The maximum atomic E-state index is 12.4. The molecule has 1 amide bonds. The molecule has 0 saturated heterocycles. The molecule has 2 saturated carbocycles. The van der Waals surface area contributed by atoms with Crippen LogP contribution in [-0.2, 0) is 11.3 Å². The first-order valence-corrected chi connectivity index (χ1v) is 7.98. The summed E-state index contributed by atoms with van der Waals surface area (Å²) in [6, 6.07) is 1.57. The molecule has 2 aliphatic carbocycles. The van der Waals surface area contributed by atoms with Crippen LogP contribution in [0.1, 0.15) is 32.1 Å². The molecule has 2 bridgehead atoms. The Bertz CT molecular complexity index is 563. The Morgan fingerprint density at radius 1 is 1.33 bits per heavy atom. The second-order valence-electron chi connectivity index (χ2n) is 6.70. The van der Waals surface area contributed by atoms with E-state index in [1.807, 2.05) is 0 Å². The minimum absolute atomic E-state index is 0. The van der Waals surface area contributed by atoms with E-state index >= 15 is 0 Å². The number of alkyl halides is 3. The van der Waals surface area contributed by atoms with Crippen molar-refractivity contribution in [1.29, 1.82) is 0 Å². The van der Waals surface area contributed by atoms with Crippen LogP contribution in [0.2, 0.25) is 0 Å². The molecule has 0 spiro atoms. The average molecular weight is 367 g/mol. The molecule has 0 radical (unpaired) electrons. The monoisotopic (exact) mass is 366 g/mol. The molecule has 2 fully saturated rings. The smallest absolute Gasteiger partial charge is 0.327 e. The first-order valence-electron chi connectivity index (χ1n) is 7.98. The number of nitrogens with two attached hydrogens (primary N) is 1. The van der Waals surface area contributed by atoms with Gasteiger partial charge >= 0.3 is 6.18 Å². The molecule has 3 N–H and O–H groups in total. The van der Waals surface area contributed by atoms with E-state index in [-0.39, 0.29) is 36.1 Å². The van der Waals surface area contributed by atoms with Crippen LogP contribution in [0, 0.1) is 17.8 Å². The summed E-state index contributed by atoms with van der Waals surface area (Å²) in [6.07, 6.45) is 1.68. The molecule has 5 nitrogen and oxygen atoms in total. The summed E-state index contributed by atoms with van der Waals surface area (Å²) in [6.45, 7) is -1.16.